The van der Waals surface area contributed by atoms with Crippen LogP contribution in [0, 0.1) is 16.7 Å². The van der Waals surface area contributed by atoms with E-state index in [-0.39, 0.29) is 11.6 Å². The molecule has 0 aliphatic rings. The van der Waals surface area contributed by atoms with Crippen LogP contribution in [0.3, 0.4) is 0 Å². The predicted molar refractivity (Wildman–Crippen MR) is 75.6 cm³/mol. The van der Waals surface area contributed by atoms with Crippen LogP contribution in [0.4, 0.5) is 5.69 Å². The lowest BCUT2D eigenvalue weighted by molar-refractivity contribution is -0.117. The molecular weight excluding hydrogens is 240 g/mol. The van der Waals surface area contributed by atoms with Crippen molar-refractivity contribution in [1.82, 2.24) is 5.32 Å². The van der Waals surface area contributed by atoms with Crippen LogP contribution in [0.1, 0.15) is 25.0 Å². The van der Waals surface area contributed by atoms with E-state index in [0.717, 1.165) is 6.21 Å². The molecule has 5 heteroatoms. The third kappa shape index (κ3) is 3.96. The van der Waals surface area contributed by atoms with E-state index < -0.39 is 5.91 Å². The Hall–Kier alpha value is -2.61. The predicted octanol–water partition coefficient (Wildman–Crippen LogP) is 1.70. The zero-order valence-electron chi connectivity index (χ0n) is 10.9. The Morgan fingerprint density at radius 2 is 2.21 bits per heavy atom. The molecular formula is C14H16N4O. The maximum atomic E-state index is 11.7. The molecule has 0 saturated carbocycles. The van der Waals surface area contributed by atoms with Crippen LogP contribution < -0.4 is 11.1 Å². The summed E-state index contributed by atoms with van der Waals surface area (Å²) in [5, 5.41) is 18.9. The molecule has 0 saturated heterocycles. The average molecular weight is 256 g/mol. The molecule has 0 spiro atoms. The molecule has 0 fully saturated rings. The largest absolute Gasteiger partial charge is 0.398 e. The van der Waals surface area contributed by atoms with E-state index in [4.69, 9.17) is 16.4 Å². The highest BCUT2D eigenvalue weighted by molar-refractivity contribution is 6.02. The highest BCUT2D eigenvalue weighted by Crippen LogP contribution is 2.14. The molecule has 98 valence electrons. The number of nitrogens with zero attached hydrogens (tertiary/aromatic N) is 1. The number of nitriles is 1. The lowest BCUT2D eigenvalue weighted by Gasteiger charge is -2.07. The number of benzene rings is 1. The smallest absolute Gasteiger partial charge is 0.262 e. The maximum absolute atomic E-state index is 11.7. The second-order valence-corrected chi connectivity index (χ2v) is 4.33. The lowest BCUT2D eigenvalue weighted by atomic mass is 10.1. The van der Waals surface area contributed by atoms with Crippen molar-refractivity contribution in [3.8, 4) is 6.07 Å². The summed E-state index contributed by atoms with van der Waals surface area (Å²) in [5.74, 6) is -0.411. The summed E-state index contributed by atoms with van der Waals surface area (Å²) in [4.78, 5) is 11.7. The third-order valence-electron chi connectivity index (χ3n) is 2.36. The fraction of sp³-hybridized carbons (Fsp3) is 0.214. The monoisotopic (exact) mass is 256 g/mol. The van der Waals surface area contributed by atoms with E-state index in [0.29, 0.717) is 16.8 Å². The fourth-order valence-electron chi connectivity index (χ4n) is 1.46. The zero-order chi connectivity index (χ0) is 14.4. The summed E-state index contributed by atoms with van der Waals surface area (Å²) in [5.41, 5.74) is 7.39. The van der Waals surface area contributed by atoms with E-state index in [1.165, 1.54) is 6.08 Å². The first kappa shape index (κ1) is 14.5. The van der Waals surface area contributed by atoms with Gasteiger partial charge in [0, 0.05) is 23.5 Å². The van der Waals surface area contributed by atoms with Gasteiger partial charge >= 0.3 is 0 Å². The molecule has 1 aromatic carbocycles. The molecule has 0 radical (unpaired) electrons. The van der Waals surface area contributed by atoms with Gasteiger partial charge in [0.15, 0.2) is 0 Å². The first-order valence-corrected chi connectivity index (χ1v) is 5.80. The van der Waals surface area contributed by atoms with Gasteiger partial charge in [-0.25, -0.2) is 0 Å². The van der Waals surface area contributed by atoms with Crippen LogP contribution in [-0.4, -0.2) is 18.2 Å². The highest BCUT2D eigenvalue weighted by Gasteiger charge is 2.10. The molecule has 1 aromatic rings. The van der Waals surface area contributed by atoms with E-state index in [1.54, 1.807) is 18.2 Å². The number of rotatable bonds is 4. The lowest BCUT2D eigenvalue weighted by Crippen LogP contribution is -2.30. The third-order valence-corrected chi connectivity index (χ3v) is 2.36. The normalized spacial score (nSPS) is 10.9. The number of amides is 1. The Balaban J connectivity index is 3.08. The van der Waals surface area contributed by atoms with Gasteiger partial charge < -0.3 is 16.5 Å². The molecule has 4 N–H and O–H groups in total. The van der Waals surface area contributed by atoms with Gasteiger partial charge in [-0.1, -0.05) is 6.07 Å². The van der Waals surface area contributed by atoms with Crippen molar-refractivity contribution < 1.29 is 4.79 Å². The molecule has 0 aliphatic heterocycles. The Bertz CT molecular complexity index is 567. The SMILES string of the molecule is CC(C)NC(=O)/C(C#N)=C/c1ccc(N)c(C=N)c1. The molecule has 0 heterocycles. The molecule has 0 unspecified atom stereocenters. The average Bonchev–Trinajstić information content (AvgIpc) is 2.36. The number of hydrogen-bond acceptors (Lipinski definition) is 4. The van der Waals surface area contributed by atoms with Gasteiger partial charge in [0.05, 0.1) is 0 Å². The summed E-state index contributed by atoms with van der Waals surface area (Å²) < 4.78 is 0. The van der Waals surface area contributed by atoms with Crippen molar-refractivity contribution in [3.05, 3.63) is 34.9 Å². The minimum Gasteiger partial charge on any atom is -0.398 e. The van der Waals surface area contributed by atoms with Crippen molar-refractivity contribution in [2.24, 2.45) is 0 Å². The summed E-state index contributed by atoms with van der Waals surface area (Å²) in [6.07, 6.45) is 2.61. The fourth-order valence-corrected chi connectivity index (χ4v) is 1.46. The number of carbonyl (C=O) groups excluding carboxylic acids is 1. The Morgan fingerprint density at radius 1 is 1.53 bits per heavy atom. The van der Waals surface area contributed by atoms with Gasteiger partial charge in [0.25, 0.3) is 5.91 Å². The molecule has 0 aliphatic carbocycles. The summed E-state index contributed by atoms with van der Waals surface area (Å²) in [6, 6.07) is 6.83. The number of nitrogens with one attached hydrogen (secondary N) is 2. The Morgan fingerprint density at radius 3 is 2.74 bits per heavy atom. The van der Waals surface area contributed by atoms with Crippen LogP contribution in [0.2, 0.25) is 0 Å². The van der Waals surface area contributed by atoms with Crippen LogP contribution in [0.25, 0.3) is 6.08 Å². The van der Waals surface area contributed by atoms with Crippen LogP contribution >= 0.6 is 0 Å². The zero-order valence-corrected chi connectivity index (χ0v) is 10.9. The highest BCUT2D eigenvalue weighted by atomic mass is 16.1. The topological polar surface area (TPSA) is 103 Å². The van der Waals surface area contributed by atoms with Crippen molar-refractivity contribution in [2.45, 2.75) is 19.9 Å². The van der Waals surface area contributed by atoms with E-state index in [2.05, 4.69) is 5.32 Å². The number of anilines is 1. The Kier molecular flexibility index (Phi) is 4.84. The minimum atomic E-state index is -0.411. The van der Waals surface area contributed by atoms with Crippen molar-refractivity contribution in [1.29, 1.82) is 10.7 Å². The first-order valence-electron chi connectivity index (χ1n) is 5.80. The van der Waals surface area contributed by atoms with Crippen molar-refractivity contribution in [2.75, 3.05) is 5.73 Å². The van der Waals surface area contributed by atoms with Crippen LogP contribution in [0.5, 0.6) is 0 Å². The molecule has 1 amide bonds. The summed E-state index contributed by atoms with van der Waals surface area (Å²) in [6.45, 7) is 3.65. The van der Waals surface area contributed by atoms with Crippen molar-refractivity contribution in [3.63, 3.8) is 0 Å². The van der Waals surface area contributed by atoms with Crippen LogP contribution in [-0.2, 0) is 4.79 Å². The van der Waals surface area contributed by atoms with Gasteiger partial charge in [0.2, 0.25) is 0 Å². The van der Waals surface area contributed by atoms with E-state index in [9.17, 15) is 4.79 Å². The molecule has 5 nitrogen and oxygen atoms in total. The van der Waals surface area contributed by atoms with Gasteiger partial charge in [-0.05, 0) is 37.6 Å². The van der Waals surface area contributed by atoms with Crippen LogP contribution in [0.15, 0.2) is 23.8 Å². The number of nitrogens with two attached hydrogens (primary N) is 1. The molecule has 0 bridgehead atoms. The first-order chi connectivity index (χ1) is 8.97. The second-order valence-electron chi connectivity index (χ2n) is 4.33. The maximum Gasteiger partial charge on any atom is 0.262 e. The Labute approximate surface area is 112 Å². The van der Waals surface area contributed by atoms with Gasteiger partial charge in [0.1, 0.15) is 11.6 Å². The summed E-state index contributed by atoms with van der Waals surface area (Å²) >= 11 is 0. The molecule has 1 rings (SSSR count). The van der Waals surface area contributed by atoms with Gasteiger partial charge in [-0.15, -0.1) is 0 Å². The van der Waals surface area contributed by atoms with Gasteiger partial charge in [-0.2, -0.15) is 5.26 Å². The van der Waals surface area contributed by atoms with E-state index >= 15 is 0 Å². The number of nitrogen functional groups attached to an aromatic ring is 1. The quantitative estimate of drug-likeness (QED) is 0.330. The number of hydrogen-bond donors (Lipinski definition) is 3. The van der Waals surface area contributed by atoms with Crippen molar-refractivity contribution >= 4 is 23.9 Å². The second kappa shape index (κ2) is 6.36. The van der Waals surface area contributed by atoms with E-state index in [1.807, 2.05) is 19.9 Å². The number of carbonyl (C=O) groups is 1. The molecule has 0 atom stereocenters. The van der Waals surface area contributed by atoms with Gasteiger partial charge in [-0.3, -0.25) is 4.79 Å². The minimum absolute atomic E-state index is 0.0226. The summed E-state index contributed by atoms with van der Waals surface area (Å²) in [7, 11) is 0. The molecule has 19 heavy (non-hydrogen) atoms. The molecule has 0 aromatic heterocycles. The standard InChI is InChI=1S/C14H16N4O/c1-9(2)18-14(19)12(8-16)6-10-3-4-13(17)11(5-10)7-15/h3-7,9,15H,17H2,1-2H3,(H,18,19)/b12-6+,15-7?.